The summed E-state index contributed by atoms with van der Waals surface area (Å²) in [6, 6.07) is 0.0738. The third kappa shape index (κ3) is 6.45. The highest BCUT2D eigenvalue weighted by molar-refractivity contribution is 5.74. The minimum Gasteiger partial charge on any atom is -0.481 e. The number of hydrogen-bond acceptors (Lipinski definition) is 2. The Kier molecular flexibility index (Phi) is 5.63. The van der Waals surface area contributed by atoms with Gasteiger partial charge in [-0.25, -0.2) is 4.79 Å². The van der Waals surface area contributed by atoms with Crippen molar-refractivity contribution < 1.29 is 14.7 Å². The molecule has 0 saturated heterocycles. The van der Waals surface area contributed by atoms with E-state index in [-0.39, 0.29) is 24.4 Å². The fourth-order valence-corrected chi connectivity index (χ4v) is 2.42. The standard InChI is InChI=1S/C14H26N2O3/c1-10(8-12(17)18)9-15-13(19)16-11-4-6-14(2,3)7-5-11/h10-11H,4-9H2,1-3H3,(H,17,18)(H2,15,16,19). The van der Waals surface area contributed by atoms with E-state index in [1.807, 2.05) is 6.92 Å². The van der Waals surface area contributed by atoms with Gasteiger partial charge >= 0.3 is 12.0 Å². The average Bonchev–Trinajstić information content (AvgIpc) is 2.28. The summed E-state index contributed by atoms with van der Waals surface area (Å²) in [4.78, 5) is 22.2. The second-order valence-electron chi connectivity index (χ2n) is 6.50. The molecular formula is C14H26N2O3. The molecule has 110 valence electrons. The Morgan fingerprint density at radius 1 is 1.32 bits per heavy atom. The predicted octanol–water partition coefficient (Wildman–Crippen LogP) is 2.37. The Bertz CT molecular complexity index is 319. The molecule has 5 nitrogen and oxygen atoms in total. The third-order valence-corrected chi connectivity index (χ3v) is 3.81. The summed E-state index contributed by atoms with van der Waals surface area (Å²) in [5.74, 6) is -0.877. The van der Waals surface area contributed by atoms with Gasteiger partial charge in [0, 0.05) is 19.0 Å². The van der Waals surface area contributed by atoms with Gasteiger partial charge in [0.15, 0.2) is 0 Å². The van der Waals surface area contributed by atoms with Crippen molar-refractivity contribution >= 4 is 12.0 Å². The summed E-state index contributed by atoms with van der Waals surface area (Å²) in [6.45, 7) is 6.74. The molecule has 1 aliphatic carbocycles. The van der Waals surface area contributed by atoms with Gasteiger partial charge in [0.1, 0.15) is 0 Å². The number of carboxylic acids is 1. The second-order valence-corrected chi connectivity index (χ2v) is 6.50. The van der Waals surface area contributed by atoms with Gasteiger partial charge in [-0.05, 0) is 37.0 Å². The average molecular weight is 270 g/mol. The van der Waals surface area contributed by atoms with Crippen molar-refractivity contribution in [1.82, 2.24) is 10.6 Å². The molecule has 0 bridgehead atoms. The van der Waals surface area contributed by atoms with Gasteiger partial charge in [-0.1, -0.05) is 20.8 Å². The van der Waals surface area contributed by atoms with E-state index >= 15 is 0 Å². The lowest BCUT2D eigenvalue weighted by atomic mass is 9.76. The van der Waals surface area contributed by atoms with Crippen molar-refractivity contribution in [3.05, 3.63) is 0 Å². The maximum Gasteiger partial charge on any atom is 0.315 e. The molecule has 3 N–H and O–H groups in total. The zero-order valence-corrected chi connectivity index (χ0v) is 12.2. The Hall–Kier alpha value is -1.26. The Labute approximate surface area is 115 Å². The number of amides is 2. The van der Waals surface area contributed by atoms with E-state index in [0.717, 1.165) is 25.7 Å². The summed E-state index contributed by atoms with van der Waals surface area (Å²) >= 11 is 0. The van der Waals surface area contributed by atoms with Crippen LogP contribution >= 0.6 is 0 Å². The number of urea groups is 1. The van der Waals surface area contributed by atoms with Crippen molar-refractivity contribution in [2.24, 2.45) is 11.3 Å². The zero-order chi connectivity index (χ0) is 14.5. The van der Waals surface area contributed by atoms with Gasteiger partial charge in [0.2, 0.25) is 0 Å². The van der Waals surface area contributed by atoms with Crippen LogP contribution in [0.1, 0.15) is 52.9 Å². The van der Waals surface area contributed by atoms with Gasteiger partial charge in [0.05, 0.1) is 0 Å². The molecule has 0 aliphatic heterocycles. The molecule has 0 aromatic heterocycles. The number of carbonyl (C=O) groups is 2. The number of rotatable bonds is 5. The lowest BCUT2D eigenvalue weighted by molar-refractivity contribution is -0.137. The number of carboxylic acid groups (broad SMARTS) is 1. The number of nitrogens with one attached hydrogen (secondary N) is 2. The van der Waals surface area contributed by atoms with E-state index in [1.165, 1.54) is 0 Å². The highest BCUT2D eigenvalue weighted by Gasteiger charge is 2.27. The van der Waals surface area contributed by atoms with Crippen LogP contribution in [0.25, 0.3) is 0 Å². The number of hydrogen-bond donors (Lipinski definition) is 3. The van der Waals surface area contributed by atoms with Gasteiger partial charge < -0.3 is 15.7 Å². The topological polar surface area (TPSA) is 78.4 Å². The molecule has 0 radical (unpaired) electrons. The summed E-state index contributed by atoms with van der Waals surface area (Å²) in [5.41, 5.74) is 0.394. The first-order chi connectivity index (χ1) is 8.78. The molecule has 1 saturated carbocycles. The Balaban J connectivity index is 2.19. The maximum atomic E-state index is 11.7. The second kappa shape index (κ2) is 6.78. The maximum absolute atomic E-state index is 11.7. The first kappa shape index (κ1) is 15.8. The van der Waals surface area contributed by atoms with E-state index in [9.17, 15) is 9.59 Å². The number of carbonyl (C=O) groups excluding carboxylic acids is 1. The van der Waals surface area contributed by atoms with Crippen LogP contribution in [0.3, 0.4) is 0 Å². The summed E-state index contributed by atoms with van der Waals surface area (Å²) in [5, 5.41) is 14.3. The predicted molar refractivity (Wildman–Crippen MR) is 74.0 cm³/mol. The highest BCUT2D eigenvalue weighted by atomic mass is 16.4. The van der Waals surface area contributed by atoms with Crippen LogP contribution in [0.2, 0.25) is 0 Å². The summed E-state index contributed by atoms with van der Waals surface area (Å²) in [7, 11) is 0. The van der Waals surface area contributed by atoms with Crippen molar-refractivity contribution in [1.29, 1.82) is 0 Å². The van der Waals surface area contributed by atoms with Gasteiger partial charge in [0.25, 0.3) is 0 Å². The normalized spacial score (nSPS) is 20.6. The molecular weight excluding hydrogens is 244 g/mol. The molecule has 0 heterocycles. The SMILES string of the molecule is CC(CNC(=O)NC1CCC(C)(C)CC1)CC(=O)O. The Morgan fingerprint density at radius 3 is 2.42 bits per heavy atom. The van der Waals surface area contributed by atoms with Gasteiger partial charge in [-0.2, -0.15) is 0 Å². The molecule has 0 aromatic carbocycles. The lowest BCUT2D eigenvalue weighted by Gasteiger charge is -2.34. The molecule has 19 heavy (non-hydrogen) atoms. The van der Waals surface area contributed by atoms with Gasteiger partial charge in [-0.3, -0.25) is 4.79 Å². The van der Waals surface area contributed by atoms with Crippen LogP contribution in [0.5, 0.6) is 0 Å². The molecule has 0 spiro atoms. The molecule has 0 aromatic rings. The van der Waals surface area contributed by atoms with Crippen LogP contribution in [0, 0.1) is 11.3 Å². The molecule has 5 heteroatoms. The molecule has 1 unspecified atom stereocenters. The van der Waals surface area contributed by atoms with Crippen LogP contribution in [-0.4, -0.2) is 29.7 Å². The smallest absolute Gasteiger partial charge is 0.315 e. The lowest BCUT2D eigenvalue weighted by Crippen LogP contribution is -2.45. The van der Waals surface area contributed by atoms with Crippen molar-refractivity contribution in [2.75, 3.05) is 6.54 Å². The summed E-state index contributed by atoms with van der Waals surface area (Å²) in [6.07, 6.45) is 4.38. The van der Waals surface area contributed by atoms with E-state index < -0.39 is 5.97 Å². The minimum atomic E-state index is -0.829. The Morgan fingerprint density at radius 2 is 1.89 bits per heavy atom. The third-order valence-electron chi connectivity index (χ3n) is 3.81. The molecule has 2 amide bonds. The van der Waals surface area contributed by atoms with Crippen LogP contribution in [0.15, 0.2) is 0 Å². The first-order valence-electron chi connectivity index (χ1n) is 7.05. The molecule has 1 rings (SSSR count). The fraction of sp³-hybridized carbons (Fsp3) is 0.857. The van der Waals surface area contributed by atoms with E-state index in [1.54, 1.807) is 0 Å². The monoisotopic (exact) mass is 270 g/mol. The highest BCUT2D eigenvalue weighted by Crippen LogP contribution is 2.34. The number of aliphatic carboxylic acids is 1. The summed E-state index contributed by atoms with van der Waals surface area (Å²) < 4.78 is 0. The van der Waals surface area contributed by atoms with Crippen LogP contribution in [-0.2, 0) is 4.79 Å². The largest absolute Gasteiger partial charge is 0.481 e. The first-order valence-corrected chi connectivity index (χ1v) is 7.05. The van der Waals surface area contributed by atoms with Crippen molar-refractivity contribution in [3.63, 3.8) is 0 Å². The van der Waals surface area contributed by atoms with E-state index in [2.05, 4.69) is 24.5 Å². The molecule has 1 fully saturated rings. The quantitative estimate of drug-likeness (QED) is 0.717. The zero-order valence-electron chi connectivity index (χ0n) is 12.2. The van der Waals surface area contributed by atoms with E-state index in [4.69, 9.17) is 5.11 Å². The fourth-order valence-electron chi connectivity index (χ4n) is 2.42. The van der Waals surface area contributed by atoms with Crippen LogP contribution < -0.4 is 10.6 Å². The minimum absolute atomic E-state index is 0.0476. The van der Waals surface area contributed by atoms with E-state index in [0.29, 0.717) is 12.0 Å². The van der Waals surface area contributed by atoms with Gasteiger partial charge in [-0.15, -0.1) is 0 Å². The van der Waals surface area contributed by atoms with Crippen LogP contribution in [0.4, 0.5) is 4.79 Å². The van der Waals surface area contributed by atoms with Crippen molar-refractivity contribution in [2.45, 2.75) is 58.9 Å². The molecule has 1 atom stereocenters. The molecule has 1 aliphatic rings. The van der Waals surface area contributed by atoms with Crippen molar-refractivity contribution in [3.8, 4) is 0 Å².